The van der Waals surface area contributed by atoms with Crippen LogP contribution in [-0.4, -0.2) is 101 Å². The van der Waals surface area contributed by atoms with Crippen LogP contribution in [-0.2, 0) is 32.1 Å². The topological polar surface area (TPSA) is 192 Å². The fourth-order valence-corrected chi connectivity index (χ4v) is 4.44. The molecule has 1 aliphatic heterocycles. The van der Waals surface area contributed by atoms with Gasteiger partial charge in [0.05, 0.1) is 25.3 Å². The van der Waals surface area contributed by atoms with Crippen molar-refractivity contribution in [1.82, 2.24) is 15.5 Å². The zero-order chi connectivity index (χ0) is 37.9. The van der Waals surface area contributed by atoms with Crippen molar-refractivity contribution in [3.05, 3.63) is 65.7 Å². The summed E-state index contributed by atoms with van der Waals surface area (Å²) in [6.45, 7) is 2.42. The molecule has 0 saturated carbocycles. The molecule has 2 aromatic rings. The molecule has 3 rings (SSSR count). The van der Waals surface area contributed by atoms with Crippen LogP contribution in [0.25, 0.3) is 0 Å². The van der Waals surface area contributed by atoms with E-state index in [1.54, 1.807) is 7.11 Å². The van der Waals surface area contributed by atoms with E-state index in [1.807, 2.05) is 59.5 Å². The second-order valence-corrected chi connectivity index (χ2v) is 11.0. The van der Waals surface area contributed by atoms with Crippen molar-refractivity contribution in [1.29, 1.82) is 0 Å². The molecule has 2 aromatic carbocycles. The molecule has 1 aliphatic rings. The molecule has 1 unspecified atom stereocenters. The lowest BCUT2D eigenvalue weighted by molar-refractivity contribution is -0.193. The summed E-state index contributed by atoms with van der Waals surface area (Å²) in [5, 5.41) is 31.4. The summed E-state index contributed by atoms with van der Waals surface area (Å²) in [4.78, 5) is 45.0. The Kier molecular flexibility index (Phi) is 18.9. The summed E-state index contributed by atoms with van der Waals surface area (Å²) >= 11 is 0. The second-order valence-electron chi connectivity index (χ2n) is 11.0. The van der Waals surface area contributed by atoms with Crippen molar-refractivity contribution < 1.29 is 65.6 Å². The van der Waals surface area contributed by atoms with E-state index in [0.717, 1.165) is 49.2 Å². The van der Waals surface area contributed by atoms with Crippen molar-refractivity contribution >= 4 is 23.8 Å². The molecule has 0 aliphatic carbocycles. The number of aliphatic hydroxyl groups is 1. The Hall–Kier alpha value is -4.42. The van der Waals surface area contributed by atoms with Gasteiger partial charge >= 0.3 is 24.3 Å². The number of ether oxygens (including phenoxy) is 1. The summed E-state index contributed by atoms with van der Waals surface area (Å²) in [5.74, 6) is -5.04. The first-order valence-electron chi connectivity index (χ1n) is 15.3. The van der Waals surface area contributed by atoms with E-state index >= 15 is 0 Å². The normalized spacial score (nSPS) is 14.8. The Bertz CT molecular complexity index is 1320. The molecule has 0 aromatic heterocycles. The summed E-state index contributed by atoms with van der Waals surface area (Å²) in [5.41, 5.74) is 8.18. The number of methoxy groups -OCH3 is 1. The van der Waals surface area contributed by atoms with Gasteiger partial charge in [-0.05, 0) is 55.4 Å². The molecule has 2 amide bonds. The van der Waals surface area contributed by atoms with Crippen molar-refractivity contribution in [2.75, 3.05) is 26.7 Å². The molecule has 0 spiro atoms. The first-order valence-corrected chi connectivity index (χ1v) is 15.3. The molecule has 0 radical (unpaired) electrons. The van der Waals surface area contributed by atoms with Gasteiger partial charge in [0.1, 0.15) is 5.75 Å². The van der Waals surface area contributed by atoms with Gasteiger partial charge in [-0.1, -0.05) is 42.5 Å². The lowest BCUT2D eigenvalue weighted by Crippen LogP contribution is -2.53. The summed E-state index contributed by atoms with van der Waals surface area (Å²) in [6.07, 6.45) is -6.78. The van der Waals surface area contributed by atoms with Crippen LogP contribution in [0, 0.1) is 0 Å². The number of amides is 2. The number of carboxylic acids is 2. The standard InChI is InChI=1S/C28H40N4O4.2C2HF3O2/c1-36-23-12-8-11-22(17-23)19-30-20-26(33)25(18-21-9-4-2-5-10-21)31-28(35)24(29)13-14-27(34)32-15-6-3-7-16-32;2*3-2(4,5)1(6)7/h2,4-5,8-12,17,24-26,30,33H,3,6-7,13-16,18-20,29H2,1H3,(H,31,35);2*(H,6,7)/t24?,25-,26+;;/m0../s1. The first-order chi connectivity index (χ1) is 23.3. The number of halogens is 6. The Balaban J connectivity index is 0.000000748. The Morgan fingerprint density at radius 2 is 1.42 bits per heavy atom. The number of alkyl halides is 6. The average Bonchev–Trinajstić information content (AvgIpc) is 3.07. The number of benzene rings is 2. The molecule has 18 heteroatoms. The van der Waals surface area contributed by atoms with Crippen LogP contribution in [0.3, 0.4) is 0 Å². The molecule has 3 atom stereocenters. The monoisotopic (exact) mass is 724 g/mol. The van der Waals surface area contributed by atoms with Gasteiger partial charge in [-0.25, -0.2) is 9.59 Å². The minimum absolute atomic E-state index is 0.0561. The number of nitrogens with two attached hydrogens (primary N) is 1. The van der Waals surface area contributed by atoms with Gasteiger partial charge in [0.25, 0.3) is 0 Å². The fraction of sp³-hybridized carbons (Fsp3) is 0.500. The van der Waals surface area contributed by atoms with E-state index in [-0.39, 0.29) is 31.2 Å². The third-order valence-corrected chi connectivity index (χ3v) is 7.11. The molecule has 7 N–H and O–H groups in total. The number of carboxylic acid groups (broad SMARTS) is 2. The summed E-state index contributed by atoms with van der Waals surface area (Å²) in [7, 11) is 1.63. The van der Waals surface area contributed by atoms with Gasteiger partial charge in [-0.2, -0.15) is 26.3 Å². The predicted octanol–water partition coefficient (Wildman–Crippen LogP) is 3.26. The average molecular weight is 725 g/mol. The van der Waals surface area contributed by atoms with Crippen LogP contribution < -0.4 is 21.1 Å². The van der Waals surface area contributed by atoms with Gasteiger partial charge in [0, 0.05) is 32.6 Å². The maximum absolute atomic E-state index is 12.9. The maximum atomic E-state index is 12.9. The van der Waals surface area contributed by atoms with E-state index in [9.17, 15) is 41.0 Å². The quantitative estimate of drug-likeness (QED) is 0.167. The summed E-state index contributed by atoms with van der Waals surface area (Å²) in [6, 6.07) is 16.1. The van der Waals surface area contributed by atoms with E-state index in [0.29, 0.717) is 13.0 Å². The summed E-state index contributed by atoms with van der Waals surface area (Å²) < 4.78 is 68.7. The number of carbonyl (C=O) groups excluding carboxylic acids is 2. The van der Waals surface area contributed by atoms with Crippen molar-refractivity contribution in [2.24, 2.45) is 5.73 Å². The van der Waals surface area contributed by atoms with Gasteiger partial charge < -0.3 is 41.3 Å². The van der Waals surface area contributed by atoms with Crippen LogP contribution >= 0.6 is 0 Å². The minimum Gasteiger partial charge on any atom is -0.497 e. The molecule has 280 valence electrons. The predicted molar refractivity (Wildman–Crippen MR) is 168 cm³/mol. The third kappa shape index (κ3) is 17.8. The molecule has 1 heterocycles. The van der Waals surface area contributed by atoms with E-state index in [4.69, 9.17) is 30.3 Å². The third-order valence-electron chi connectivity index (χ3n) is 7.11. The number of aliphatic carboxylic acids is 2. The first kappa shape index (κ1) is 43.6. The molecular weight excluding hydrogens is 682 g/mol. The second kappa shape index (κ2) is 21.6. The number of nitrogens with one attached hydrogen (secondary N) is 2. The van der Waals surface area contributed by atoms with Crippen molar-refractivity contribution in [3.63, 3.8) is 0 Å². The molecule has 12 nitrogen and oxygen atoms in total. The van der Waals surface area contributed by atoms with Gasteiger partial charge in [0.15, 0.2) is 0 Å². The fourth-order valence-electron chi connectivity index (χ4n) is 4.44. The zero-order valence-electron chi connectivity index (χ0n) is 27.2. The van der Waals surface area contributed by atoms with E-state index < -0.39 is 42.5 Å². The maximum Gasteiger partial charge on any atom is 0.490 e. The lowest BCUT2D eigenvalue weighted by atomic mass is 10.00. The number of likely N-dealkylation sites (tertiary alicyclic amines) is 1. The largest absolute Gasteiger partial charge is 0.497 e. The molecule has 50 heavy (non-hydrogen) atoms. The SMILES string of the molecule is COc1cccc(CNC[C@@H](O)[C@H](Cc2ccccc2)NC(=O)C(N)CCC(=O)N2CCCCC2)c1.O=C(O)C(F)(F)F.O=C(O)C(F)(F)F. The van der Waals surface area contributed by atoms with E-state index in [1.165, 1.54) is 0 Å². The highest BCUT2D eigenvalue weighted by Crippen LogP contribution is 2.15. The van der Waals surface area contributed by atoms with Crippen LogP contribution in [0.2, 0.25) is 0 Å². The van der Waals surface area contributed by atoms with Crippen molar-refractivity contribution in [3.8, 4) is 5.75 Å². The van der Waals surface area contributed by atoms with Crippen LogP contribution in [0.1, 0.15) is 43.2 Å². The van der Waals surface area contributed by atoms with Crippen molar-refractivity contribution in [2.45, 2.75) is 75.6 Å². The number of nitrogens with zero attached hydrogens (tertiary/aromatic N) is 1. The highest BCUT2D eigenvalue weighted by atomic mass is 19.4. The minimum atomic E-state index is -5.08. The van der Waals surface area contributed by atoms with Gasteiger partial charge in [0.2, 0.25) is 11.8 Å². The number of hydrogen-bond donors (Lipinski definition) is 6. The molecule has 1 saturated heterocycles. The number of rotatable bonds is 13. The Labute approximate surface area is 284 Å². The number of piperidine rings is 1. The van der Waals surface area contributed by atoms with E-state index in [2.05, 4.69) is 10.6 Å². The molecular formula is C32H42F6N4O8. The van der Waals surface area contributed by atoms with Crippen LogP contribution in [0.15, 0.2) is 54.6 Å². The van der Waals surface area contributed by atoms with Gasteiger partial charge in [-0.15, -0.1) is 0 Å². The zero-order valence-corrected chi connectivity index (χ0v) is 27.2. The number of carbonyl (C=O) groups is 4. The molecule has 1 fully saturated rings. The highest BCUT2D eigenvalue weighted by Gasteiger charge is 2.39. The number of aliphatic hydroxyl groups excluding tert-OH is 1. The lowest BCUT2D eigenvalue weighted by Gasteiger charge is -2.28. The smallest absolute Gasteiger partial charge is 0.490 e. The number of hydrogen-bond acceptors (Lipinski definition) is 8. The van der Waals surface area contributed by atoms with Crippen LogP contribution in [0.4, 0.5) is 26.3 Å². The van der Waals surface area contributed by atoms with Gasteiger partial charge in [-0.3, -0.25) is 9.59 Å². The van der Waals surface area contributed by atoms with Crippen LogP contribution in [0.5, 0.6) is 5.75 Å². The Morgan fingerprint density at radius 3 is 1.94 bits per heavy atom. The molecule has 0 bridgehead atoms. The Morgan fingerprint density at radius 1 is 0.880 bits per heavy atom. The highest BCUT2D eigenvalue weighted by molar-refractivity contribution is 5.83.